The third-order valence-electron chi connectivity index (χ3n) is 2.48. The average molecular weight is 286 g/mol. The Bertz CT molecular complexity index is 479. The van der Waals surface area contributed by atoms with Crippen LogP contribution < -0.4 is 10.2 Å². The normalized spacial score (nSPS) is 10.1. The lowest BCUT2D eigenvalue weighted by molar-refractivity contribution is -0.119. The molecule has 0 unspecified atom stereocenters. The highest BCUT2D eigenvalue weighted by Crippen LogP contribution is 2.24. The first-order chi connectivity index (χ1) is 8.99. The summed E-state index contributed by atoms with van der Waals surface area (Å²) in [6, 6.07) is 1.33. The first-order valence-corrected chi connectivity index (χ1v) is 6.21. The second-order valence-electron chi connectivity index (χ2n) is 3.93. The molecule has 6 nitrogen and oxygen atoms in total. The van der Waals surface area contributed by atoms with E-state index in [9.17, 15) is 9.59 Å². The monoisotopic (exact) mass is 285 g/mol. The summed E-state index contributed by atoms with van der Waals surface area (Å²) in [4.78, 5) is 28.0. The van der Waals surface area contributed by atoms with Crippen molar-refractivity contribution >= 4 is 29.3 Å². The molecule has 1 rings (SSSR count). The highest BCUT2D eigenvalue weighted by atomic mass is 35.5. The molecule has 0 bridgehead atoms. The van der Waals surface area contributed by atoms with E-state index in [-0.39, 0.29) is 23.0 Å². The number of aromatic nitrogens is 1. The zero-order valence-corrected chi connectivity index (χ0v) is 11.6. The fourth-order valence-electron chi connectivity index (χ4n) is 1.56. The van der Waals surface area contributed by atoms with E-state index >= 15 is 0 Å². The molecule has 1 amide bonds. The van der Waals surface area contributed by atoms with Gasteiger partial charge < -0.3 is 15.3 Å². The number of likely N-dealkylation sites (N-methyl/N-ethyl adjacent to an activating group) is 1. The molecule has 0 fully saturated rings. The maximum absolute atomic E-state index is 11.4. The molecule has 0 saturated heterocycles. The van der Waals surface area contributed by atoms with Gasteiger partial charge in [-0.3, -0.25) is 4.79 Å². The van der Waals surface area contributed by atoms with E-state index in [1.54, 1.807) is 11.9 Å². The number of carbonyl (C=O) groups is 2. The van der Waals surface area contributed by atoms with Crippen molar-refractivity contribution in [2.45, 2.75) is 13.3 Å². The number of carbonyl (C=O) groups excluding carboxylic acids is 1. The number of anilines is 1. The van der Waals surface area contributed by atoms with Crippen LogP contribution in [0.25, 0.3) is 0 Å². The van der Waals surface area contributed by atoms with E-state index in [1.807, 2.05) is 6.92 Å². The smallest absolute Gasteiger partial charge is 0.337 e. The van der Waals surface area contributed by atoms with Crippen molar-refractivity contribution in [3.8, 4) is 0 Å². The third kappa shape index (κ3) is 4.10. The Balaban J connectivity index is 3.02. The Kier molecular flexibility index (Phi) is 5.57. The molecule has 0 atom stereocenters. The second-order valence-corrected chi connectivity index (χ2v) is 4.34. The van der Waals surface area contributed by atoms with Gasteiger partial charge in [-0.2, -0.15) is 0 Å². The van der Waals surface area contributed by atoms with Gasteiger partial charge in [0, 0.05) is 19.8 Å². The molecule has 2 N–H and O–H groups in total. The molecule has 0 aliphatic rings. The Labute approximate surface area is 116 Å². The highest BCUT2D eigenvalue weighted by molar-refractivity contribution is 6.33. The Morgan fingerprint density at radius 1 is 1.53 bits per heavy atom. The van der Waals surface area contributed by atoms with Crippen molar-refractivity contribution in [2.75, 3.05) is 25.0 Å². The van der Waals surface area contributed by atoms with Crippen LogP contribution in [-0.2, 0) is 4.79 Å². The van der Waals surface area contributed by atoms with Crippen LogP contribution in [0.4, 0.5) is 5.82 Å². The lowest BCUT2D eigenvalue weighted by Crippen LogP contribution is -2.36. The van der Waals surface area contributed by atoms with E-state index in [0.29, 0.717) is 12.4 Å². The van der Waals surface area contributed by atoms with Crippen molar-refractivity contribution in [1.29, 1.82) is 0 Å². The number of carboxylic acids is 1. The highest BCUT2D eigenvalue weighted by Gasteiger charge is 2.16. The Hall–Kier alpha value is -1.82. The van der Waals surface area contributed by atoms with Gasteiger partial charge in [-0.25, -0.2) is 9.78 Å². The van der Waals surface area contributed by atoms with Gasteiger partial charge in [0.05, 0.1) is 17.1 Å². The molecule has 0 spiro atoms. The summed E-state index contributed by atoms with van der Waals surface area (Å²) in [5.41, 5.74) is 0.0186. The molecule has 7 heteroatoms. The van der Waals surface area contributed by atoms with Crippen LogP contribution in [0.15, 0.2) is 12.3 Å². The molecule has 1 aromatic heterocycles. The molecule has 19 heavy (non-hydrogen) atoms. The summed E-state index contributed by atoms with van der Waals surface area (Å²) in [6.07, 6.45) is 2.05. The van der Waals surface area contributed by atoms with E-state index in [2.05, 4.69) is 10.3 Å². The van der Waals surface area contributed by atoms with Gasteiger partial charge >= 0.3 is 5.97 Å². The number of amides is 1. The van der Waals surface area contributed by atoms with Gasteiger partial charge in [0.25, 0.3) is 0 Å². The van der Waals surface area contributed by atoms with Gasteiger partial charge in [0.15, 0.2) is 0 Å². The number of nitrogens with one attached hydrogen (secondary N) is 1. The first-order valence-electron chi connectivity index (χ1n) is 5.84. The zero-order valence-electron chi connectivity index (χ0n) is 10.8. The van der Waals surface area contributed by atoms with Crippen LogP contribution in [0.5, 0.6) is 0 Å². The lowest BCUT2D eigenvalue weighted by atomic mass is 10.2. The topological polar surface area (TPSA) is 82.5 Å². The molecule has 0 aromatic carbocycles. The number of carboxylic acid groups (broad SMARTS) is 1. The zero-order chi connectivity index (χ0) is 14.4. The molecular weight excluding hydrogens is 270 g/mol. The van der Waals surface area contributed by atoms with Gasteiger partial charge in [-0.15, -0.1) is 0 Å². The van der Waals surface area contributed by atoms with Crippen LogP contribution in [-0.4, -0.2) is 42.1 Å². The first kappa shape index (κ1) is 15.2. The third-order valence-corrected chi connectivity index (χ3v) is 2.75. The summed E-state index contributed by atoms with van der Waals surface area (Å²) in [5.74, 6) is -0.833. The van der Waals surface area contributed by atoms with E-state index in [0.717, 1.165) is 6.42 Å². The predicted octanol–water partition coefficient (Wildman–Crippen LogP) is 1.40. The summed E-state index contributed by atoms with van der Waals surface area (Å²) in [7, 11) is 1.55. The lowest BCUT2D eigenvalue weighted by Gasteiger charge is -2.23. The maximum Gasteiger partial charge on any atom is 0.337 e. The van der Waals surface area contributed by atoms with Crippen LogP contribution in [0.3, 0.4) is 0 Å². The predicted molar refractivity (Wildman–Crippen MR) is 72.8 cm³/mol. The van der Waals surface area contributed by atoms with E-state index < -0.39 is 5.97 Å². The SMILES string of the molecule is CCCN(CC(=O)NC)c1ncc(C(=O)O)cc1Cl. The number of halogens is 1. The van der Waals surface area contributed by atoms with Crippen LogP contribution in [0.1, 0.15) is 23.7 Å². The number of pyridine rings is 1. The minimum atomic E-state index is -1.09. The van der Waals surface area contributed by atoms with Gasteiger partial charge in [-0.05, 0) is 12.5 Å². The number of hydrogen-bond acceptors (Lipinski definition) is 4. The molecular formula is C12H16ClN3O3. The van der Waals surface area contributed by atoms with Crippen molar-refractivity contribution in [1.82, 2.24) is 10.3 Å². The Morgan fingerprint density at radius 2 is 2.21 bits per heavy atom. The number of aromatic carboxylic acids is 1. The summed E-state index contributed by atoms with van der Waals surface area (Å²) >= 11 is 6.03. The average Bonchev–Trinajstić information content (AvgIpc) is 2.37. The van der Waals surface area contributed by atoms with Crippen molar-refractivity contribution in [3.63, 3.8) is 0 Å². The van der Waals surface area contributed by atoms with Gasteiger partial charge in [0.1, 0.15) is 5.82 Å². The van der Waals surface area contributed by atoms with Crippen molar-refractivity contribution < 1.29 is 14.7 Å². The molecule has 0 saturated carbocycles. The summed E-state index contributed by atoms with van der Waals surface area (Å²) < 4.78 is 0. The standard InChI is InChI=1S/C12H16ClN3O3/c1-3-4-16(7-10(17)14-2)11-9(13)5-8(6-15-11)12(18)19/h5-6H,3-4,7H2,1-2H3,(H,14,17)(H,18,19). The number of nitrogens with zero attached hydrogens (tertiary/aromatic N) is 2. The minimum absolute atomic E-state index is 0.0186. The number of rotatable bonds is 6. The molecule has 1 aromatic rings. The molecule has 0 radical (unpaired) electrons. The molecule has 1 heterocycles. The maximum atomic E-state index is 11.4. The van der Waals surface area contributed by atoms with Crippen molar-refractivity contribution in [3.05, 3.63) is 22.8 Å². The fraction of sp³-hybridized carbons (Fsp3) is 0.417. The minimum Gasteiger partial charge on any atom is -0.478 e. The largest absolute Gasteiger partial charge is 0.478 e. The fourth-order valence-corrected chi connectivity index (χ4v) is 1.85. The van der Waals surface area contributed by atoms with Crippen molar-refractivity contribution in [2.24, 2.45) is 0 Å². The van der Waals surface area contributed by atoms with E-state index in [4.69, 9.17) is 16.7 Å². The summed E-state index contributed by atoms with van der Waals surface area (Å²) in [5, 5.41) is 11.6. The van der Waals surface area contributed by atoms with Gasteiger partial charge in [-0.1, -0.05) is 18.5 Å². The molecule has 0 aliphatic carbocycles. The van der Waals surface area contributed by atoms with Crippen LogP contribution in [0.2, 0.25) is 5.02 Å². The van der Waals surface area contributed by atoms with Crippen LogP contribution in [0, 0.1) is 0 Å². The number of hydrogen-bond donors (Lipinski definition) is 2. The second kappa shape index (κ2) is 6.94. The Morgan fingerprint density at radius 3 is 2.68 bits per heavy atom. The van der Waals surface area contributed by atoms with Crippen LogP contribution >= 0.6 is 11.6 Å². The van der Waals surface area contributed by atoms with Gasteiger partial charge in [0.2, 0.25) is 5.91 Å². The quantitative estimate of drug-likeness (QED) is 0.825. The van der Waals surface area contributed by atoms with E-state index in [1.165, 1.54) is 12.3 Å². The molecule has 0 aliphatic heterocycles. The molecule has 104 valence electrons. The summed E-state index contributed by atoms with van der Waals surface area (Å²) in [6.45, 7) is 2.70.